The highest BCUT2D eigenvalue weighted by Gasteiger charge is 2.30. The Kier molecular flexibility index (Phi) is 5.62. The Morgan fingerprint density at radius 2 is 1.93 bits per heavy atom. The molecule has 2 aromatic carbocycles. The smallest absolute Gasteiger partial charge is 0.416 e. The molecular weight excluding hydrogens is 375 g/mol. The molecule has 0 aliphatic carbocycles. The van der Waals surface area contributed by atoms with Gasteiger partial charge in [0.15, 0.2) is 5.82 Å². The number of nitrogens with zero attached hydrogens (tertiary/aromatic N) is 2. The van der Waals surface area contributed by atoms with E-state index in [1.54, 1.807) is 31.4 Å². The maximum atomic E-state index is 12.7. The molecule has 0 saturated heterocycles. The number of amides is 1. The number of alkyl halides is 3. The summed E-state index contributed by atoms with van der Waals surface area (Å²) < 4.78 is 48.4. The molecule has 0 atom stereocenters. The molecule has 6 nitrogen and oxygen atoms in total. The first kappa shape index (κ1) is 19.4. The highest BCUT2D eigenvalue weighted by molar-refractivity contribution is 5.78. The predicted octanol–water partition coefficient (Wildman–Crippen LogP) is 3.62. The fourth-order valence-electron chi connectivity index (χ4n) is 2.46. The molecule has 0 unspecified atom stereocenters. The van der Waals surface area contributed by atoms with Crippen molar-refractivity contribution in [2.45, 2.75) is 19.1 Å². The van der Waals surface area contributed by atoms with E-state index in [-0.39, 0.29) is 30.2 Å². The summed E-state index contributed by atoms with van der Waals surface area (Å²) in [5.41, 5.74) is 0.161. The van der Waals surface area contributed by atoms with Gasteiger partial charge in [0, 0.05) is 5.56 Å². The first-order chi connectivity index (χ1) is 13.3. The van der Waals surface area contributed by atoms with Gasteiger partial charge in [-0.05, 0) is 35.9 Å². The molecule has 28 heavy (non-hydrogen) atoms. The van der Waals surface area contributed by atoms with Crippen molar-refractivity contribution in [2.24, 2.45) is 0 Å². The van der Waals surface area contributed by atoms with Gasteiger partial charge < -0.3 is 14.6 Å². The van der Waals surface area contributed by atoms with Crippen LogP contribution < -0.4 is 10.1 Å². The second kappa shape index (κ2) is 8.12. The molecule has 1 amide bonds. The second-order valence-corrected chi connectivity index (χ2v) is 5.90. The van der Waals surface area contributed by atoms with E-state index < -0.39 is 17.6 Å². The summed E-state index contributed by atoms with van der Waals surface area (Å²) in [6, 6.07) is 11.6. The molecule has 0 saturated carbocycles. The van der Waals surface area contributed by atoms with Gasteiger partial charge in [0.1, 0.15) is 5.75 Å². The highest BCUT2D eigenvalue weighted by Crippen LogP contribution is 2.29. The van der Waals surface area contributed by atoms with Crippen molar-refractivity contribution in [1.29, 1.82) is 0 Å². The number of carbonyl (C=O) groups excluding carboxylic acids is 1. The van der Waals surface area contributed by atoms with E-state index in [0.717, 1.165) is 12.1 Å². The molecule has 0 aliphatic rings. The summed E-state index contributed by atoms with van der Waals surface area (Å²) in [4.78, 5) is 16.2. The first-order valence-corrected chi connectivity index (χ1v) is 8.25. The highest BCUT2D eigenvalue weighted by atomic mass is 19.4. The van der Waals surface area contributed by atoms with Crippen LogP contribution in [0.15, 0.2) is 53.1 Å². The van der Waals surface area contributed by atoms with Crippen LogP contribution in [0.5, 0.6) is 5.75 Å². The fourth-order valence-corrected chi connectivity index (χ4v) is 2.46. The van der Waals surface area contributed by atoms with E-state index >= 15 is 0 Å². The van der Waals surface area contributed by atoms with Crippen LogP contribution >= 0.6 is 0 Å². The number of halogens is 3. The zero-order valence-electron chi connectivity index (χ0n) is 14.8. The van der Waals surface area contributed by atoms with E-state index in [4.69, 9.17) is 9.26 Å². The Morgan fingerprint density at radius 1 is 1.18 bits per heavy atom. The molecule has 0 fully saturated rings. The lowest BCUT2D eigenvalue weighted by molar-refractivity contribution is -0.137. The number of aromatic nitrogens is 2. The molecule has 146 valence electrons. The van der Waals surface area contributed by atoms with E-state index in [9.17, 15) is 18.0 Å². The third kappa shape index (κ3) is 4.87. The Labute approximate surface area is 158 Å². The van der Waals surface area contributed by atoms with Gasteiger partial charge in [0.25, 0.3) is 5.89 Å². The van der Waals surface area contributed by atoms with Crippen molar-refractivity contribution >= 4 is 5.91 Å². The minimum Gasteiger partial charge on any atom is -0.497 e. The van der Waals surface area contributed by atoms with E-state index in [1.165, 1.54) is 12.1 Å². The molecular formula is C19H16F3N3O3. The van der Waals surface area contributed by atoms with Crippen LogP contribution in [0.1, 0.15) is 17.0 Å². The van der Waals surface area contributed by atoms with Crippen LogP contribution in [-0.4, -0.2) is 23.2 Å². The number of hydrogen-bond acceptors (Lipinski definition) is 5. The molecule has 0 aliphatic heterocycles. The topological polar surface area (TPSA) is 77.2 Å². The van der Waals surface area contributed by atoms with Crippen LogP contribution in [0.4, 0.5) is 13.2 Å². The number of ether oxygens (including phenoxy) is 1. The molecule has 0 spiro atoms. The second-order valence-electron chi connectivity index (χ2n) is 5.90. The third-order valence-electron chi connectivity index (χ3n) is 3.87. The summed E-state index contributed by atoms with van der Waals surface area (Å²) in [7, 11) is 1.56. The lowest BCUT2D eigenvalue weighted by Crippen LogP contribution is -2.25. The summed E-state index contributed by atoms with van der Waals surface area (Å²) in [5, 5.41) is 6.34. The van der Waals surface area contributed by atoms with E-state index in [2.05, 4.69) is 15.5 Å². The quantitative estimate of drug-likeness (QED) is 0.695. The first-order valence-electron chi connectivity index (χ1n) is 8.25. The Morgan fingerprint density at radius 3 is 2.61 bits per heavy atom. The van der Waals surface area contributed by atoms with Gasteiger partial charge in [-0.15, -0.1) is 0 Å². The Hall–Kier alpha value is -3.36. The number of rotatable bonds is 6. The number of carbonyl (C=O) groups is 1. The van der Waals surface area contributed by atoms with Gasteiger partial charge in [0.2, 0.25) is 5.91 Å². The van der Waals surface area contributed by atoms with E-state index in [1.807, 2.05) is 0 Å². The summed E-state index contributed by atoms with van der Waals surface area (Å²) in [5.74, 6) is 0.772. The third-order valence-corrected chi connectivity index (χ3v) is 3.87. The van der Waals surface area contributed by atoms with Crippen LogP contribution in [0.3, 0.4) is 0 Å². The maximum absolute atomic E-state index is 12.7. The standard InChI is InChI=1S/C19H16F3N3O3/c1-27-15-7-5-13(6-8-15)18-24-16(25-28-18)11-23-17(26)10-12-3-2-4-14(9-12)19(20,21)22/h2-9H,10-11H2,1H3,(H,23,26). The van der Waals surface area contributed by atoms with Crippen molar-refractivity contribution < 1.29 is 27.2 Å². The number of benzene rings is 2. The van der Waals surface area contributed by atoms with Gasteiger partial charge in [-0.1, -0.05) is 23.4 Å². The van der Waals surface area contributed by atoms with Crippen molar-refractivity contribution in [3.63, 3.8) is 0 Å². The molecule has 9 heteroatoms. The van der Waals surface area contributed by atoms with Gasteiger partial charge in [0.05, 0.1) is 25.6 Å². The Balaban J connectivity index is 1.57. The zero-order valence-corrected chi connectivity index (χ0v) is 14.8. The van der Waals surface area contributed by atoms with Gasteiger partial charge in [-0.25, -0.2) is 0 Å². The molecule has 1 heterocycles. The summed E-state index contributed by atoms with van der Waals surface area (Å²) in [6.45, 7) is -0.00253. The normalized spacial score (nSPS) is 11.3. The van der Waals surface area contributed by atoms with Gasteiger partial charge >= 0.3 is 6.18 Å². The molecule has 1 aromatic heterocycles. The minimum atomic E-state index is -4.45. The molecule has 0 radical (unpaired) electrons. The monoisotopic (exact) mass is 391 g/mol. The summed E-state index contributed by atoms with van der Waals surface area (Å²) in [6.07, 6.45) is -4.64. The number of methoxy groups -OCH3 is 1. The lowest BCUT2D eigenvalue weighted by atomic mass is 10.1. The van der Waals surface area contributed by atoms with Crippen molar-refractivity contribution in [3.8, 4) is 17.2 Å². The van der Waals surface area contributed by atoms with E-state index in [0.29, 0.717) is 11.3 Å². The average molecular weight is 391 g/mol. The van der Waals surface area contributed by atoms with Gasteiger partial charge in [-0.3, -0.25) is 4.79 Å². The predicted molar refractivity (Wildman–Crippen MR) is 93.3 cm³/mol. The Bertz CT molecular complexity index is 953. The minimum absolute atomic E-state index is 0.00253. The van der Waals surface area contributed by atoms with Crippen LogP contribution in [-0.2, 0) is 23.9 Å². The number of nitrogens with one attached hydrogen (secondary N) is 1. The summed E-state index contributed by atoms with van der Waals surface area (Å²) >= 11 is 0. The average Bonchev–Trinajstić information content (AvgIpc) is 3.15. The fraction of sp³-hybridized carbons (Fsp3) is 0.211. The van der Waals surface area contributed by atoms with Crippen molar-refractivity contribution in [1.82, 2.24) is 15.5 Å². The van der Waals surface area contributed by atoms with Crippen LogP contribution in [0.2, 0.25) is 0 Å². The molecule has 1 N–H and O–H groups in total. The van der Waals surface area contributed by atoms with Crippen molar-refractivity contribution in [2.75, 3.05) is 7.11 Å². The van der Waals surface area contributed by atoms with Crippen LogP contribution in [0, 0.1) is 0 Å². The molecule has 3 rings (SSSR count). The van der Waals surface area contributed by atoms with Crippen LogP contribution in [0.25, 0.3) is 11.5 Å². The maximum Gasteiger partial charge on any atom is 0.416 e. The zero-order chi connectivity index (χ0) is 20.1. The molecule has 0 bridgehead atoms. The SMILES string of the molecule is COc1ccc(-c2nc(CNC(=O)Cc3cccc(C(F)(F)F)c3)no2)cc1. The van der Waals surface area contributed by atoms with Gasteiger partial charge in [-0.2, -0.15) is 18.2 Å². The van der Waals surface area contributed by atoms with Crippen molar-refractivity contribution in [3.05, 3.63) is 65.5 Å². The number of hydrogen-bond donors (Lipinski definition) is 1. The lowest BCUT2D eigenvalue weighted by Gasteiger charge is -2.08. The largest absolute Gasteiger partial charge is 0.497 e. The molecule has 3 aromatic rings.